The minimum absolute atomic E-state index is 0.0608. The summed E-state index contributed by atoms with van der Waals surface area (Å²) in [7, 11) is 0. The summed E-state index contributed by atoms with van der Waals surface area (Å²) in [5.74, 6) is -0.554. The van der Waals surface area contributed by atoms with E-state index in [1.807, 2.05) is 6.08 Å². The van der Waals surface area contributed by atoms with Crippen LogP contribution in [0.1, 0.15) is 12.8 Å². The second kappa shape index (κ2) is 8.07. The fourth-order valence-electron chi connectivity index (χ4n) is 2.92. The number of aromatic nitrogens is 2. The van der Waals surface area contributed by atoms with Crippen molar-refractivity contribution in [2.24, 2.45) is 0 Å². The number of ether oxygens (including phenoxy) is 1. The number of rotatable bonds is 6. The van der Waals surface area contributed by atoms with Gasteiger partial charge in [-0.05, 0) is 31.1 Å². The molecular formula is C18H19F2N3O3. The predicted molar refractivity (Wildman–Crippen MR) is 91.8 cm³/mol. The Bertz CT molecular complexity index is 866. The number of carbonyl (C=O) groups excluding carboxylic acids is 1. The Labute approximate surface area is 148 Å². The molecule has 3 rings (SSSR count). The third-order valence-corrected chi connectivity index (χ3v) is 4.20. The minimum Gasteiger partial charge on any atom is -0.497 e. The van der Waals surface area contributed by atoms with Crippen LogP contribution in [0.15, 0.2) is 47.6 Å². The Kier molecular flexibility index (Phi) is 5.60. The summed E-state index contributed by atoms with van der Waals surface area (Å²) in [4.78, 5) is 29.9. The Hall–Kier alpha value is -2.77. The number of fused-ring (bicyclic) bond motifs is 1. The molecule has 138 valence electrons. The molecule has 1 amide bonds. The zero-order valence-corrected chi connectivity index (χ0v) is 14.1. The van der Waals surface area contributed by atoms with Gasteiger partial charge in [0.25, 0.3) is 12.0 Å². The van der Waals surface area contributed by atoms with E-state index in [-0.39, 0.29) is 19.2 Å². The van der Waals surface area contributed by atoms with Crippen LogP contribution in [0.3, 0.4) is 0 Å². The van der Waals surface area contributed by atoms with E-state index in [0.29, 0.717) is 17.5 Å². The molecule has 1 atom stereocenters. The fraction of sp³-hybridized carbons (Fsp3) is 0.389. The lowest BCUT2D eigenvalue weighted by Gasteiger charge is -2.28. The lowest BCUT2D eigenvalue weighted by molar-refractivity contribution is -0.135. The van der Waals surface area contributed by atoms with Crippen molar-refractivity contribution in [3.8, 4) is 0 Å². The van der Waals surface area contributed by atoms with E-state index in [9.17, 15) is 18.4 Å². The molecule has 1 aliphatic heterocycles. The van der Waals surface area contributed by atoms with Crippen molar-refractivity contribution in [2.45, 2.75) is 31.9 Å². The molecule has 8 heteroatoms. The van der Waals surface area contributed by atoms with Gasteiger partial charge in [0.05, 0.1) is 36.6 Å². The monoisotopic (exact) mass is 363 g/mol. The molecule has 1 aromatic carbocycles. The van der Waals surface area contributed by atoms with Gasteiger partial charge in [-0.2, -0.15) is 0 Å². The minimum atomic E-state index is -2.66. The topological polar surface area (TPSA) is 64.4 Å². The molecule has 0 radical (unpaired) electrons. The largest absolute Gasteiger partial charge is 0.497 e. The standard InChI is InChI=1S/C18H19F2N3O3/c19-16(20)11-22(10-13-5-3-4-8-26-13)18(25)12-23-15-7-2-1-6-14(15)21-9-17(23)24/h1-2,4,6-9,13,16H,3,5,10-12H2. The second-order valence-electron chi connectivity index (χ2n) is 6.07. The average Bonchev–Trinajstić information content (AvgIpc) is 2.64. The van der Waals surface area contributed by atoms with Crippen molar-refractivity contribution in [2.75, 3.05) is 13.1 Å². The molecule has 0 spiro atoms. The fourth-order valence-corrected chi connectivity index (χ4v) is 2.92. The summed E-state index contributed by atoms with van der Waals surface area (Å²) in [6.45, 7) is -0.956. The van der Waals surface area contributed by atoms with Crippen LogP contribution in [0.5, 0.6) is 0 Å². The van der Waals surface area contributed by atoms with Crippen LogP contribution in [0, 0.1) is 0 Å². The van der Waals surface area contributed by atoms with Gasteiger partial charge >= 0.3 is 0 Å². The first kappa shape index (κ1) is 18.0. The van der Waals surface area contributed by atoms with Crippen molar-refractivity contribution in [3.05, 3.63) is 53.2 Å². The maximum atomic E-state index is 12.9. The molecule has 1 aliphatic rings. The predicted octanol–water partition coefficient (Wildman–Crippen LogP) is 2.18. The number of benzene rings is 1. The number of carbonyl (C=O) groups is 1. The van der Waals surface area contributed by atoms with Crippen LogP contribution in [-0.4, -0.2) is 46.0 Å². The van der Waals surface area contributed by atoms with Crippen molar-refractivity contribution in [3.63, 3.8) is 0 Å². The SMILES string of the molecule is O=C(Cn1c(=O)cnc2ccccc21)N(CC(F)F)CC1CCC=CO1. The lowest BCUT2D eigenvalue weighted by atomic mass is 10.1. The normalized spacial score (nSPS) is 16.7. The molecule has 0 bridgehead atoms. The van der Waals surface area contributed by atoms with E-state index in [1.165, 1.54) is 10.8 Å². The average molecular weight is 363 g/mol. The van der Waals surface area contributed by atoms with Gasteiger partial charge in [0, 0.05) is 0 Å². The highest BCUT2D eigenvalue weighted by atomic mass is 19.3. The number of hydrogen-bond donors (Lipinski definition) is 0. The smallest absolute Gasteiger partial charge is 0.269 e. The Morgan fingerprint density at radius 1 is 1.38 bits per heavy atom. The summed E-state index contributed by atoms with van der Waals surface area (Å²) < 4.78 is 32.5. The van der Waals surface area contributed by atoms with Gasteiger partial charge in [0.2, 0.25) is 5.91 Å². The molecule has 0 N–H and O–H groups in total. The zero-order valence-electron chi connectivity index (χ0n) is 14.1. The molecule has 0 saturated heterocycles. The third-order valence-electron chi connectivity index (χ3n) is 4.20. The maximum Gasteiger partial charge on any atom is 0.269 e. The van der Waals surface area contributed by atoms with Crippen LogP contribution in [0.2, 0.25) is 0 Å². The van der Waals surface area contributed by atoms with Crippen LogP contribution < -0.4 is 5.56 Å². The molecule has 2 aromatic rings. The summed E-state index contributed by atoms with van der Waals surface area (Å²) >= 11 is 0. The van der Waals surface area contributed by atoms with Gasteiger partial charge in [0.15, 0.2) is 0 Å². The van der Waals surface area contributed by atoms with Crippen LogP contribution in [0.4, 0.5) is 8.78 Å². The summed E-state index contributed by atoms with van der Waals surface area (Å²) in [6, 6.07) is 6.88. The molecule has 0 saturated carbocycles. The quantitative estimate of drug-likeness (QED) is 0.789. The second-order valence-corrected chi connectivity index (χ2v) is 6.07. The van der Waals surface area contributed by atoms with Gasteiger partial charge < -0.3 is 9.64 Å². The first-order valence-corrected chi connectivity index (χ1v) is 8.35. The third kappa shape index (κ3) is 4.25. The van der Waals surface area contributed by atoms with Crippen LogP contribution in [0.25, 0.3) is 11.0 Å². The van der Waals surface area contributed by atoms with Crippen molar-refractivity contribution in [1.82, 2.24) is 14.5 Å². The molecule has 2 heterocycles. The first-order valence-electron chi connectivity index (χ1n) is 8.35. The summed E-state index contributed by atoms with van der Waals surface area (Å²) in [6.07, 6.45) is 2.94. The molecule has 6 nitrogen and oxygen atoms in total. The highest BCUT2D eigenvalue weighted by molar-refractivity contribution is 5.80. The molecule has 0 fully saturated rings. The summed E-state index contributed by atoms with van der Waals surface area (Å²) in [5.41, 5.74) is 0.592. The van der Waals surface area contributed by atoms with E-state index in [4.69, 9.17) is 4.74 Å². The van der Waals surface area contributed by atoms with E-state index < -0.39 is 24.4 Å². The highest BCUT2D eigenvalue weighted by Crippen LogP contribution is 2.14. The first-order chi connectivity index (χ1) is 12.5. The number of nitrogens with zero attached hydrogens (tertiary/aromatic N) is 3. The molecule has 1 aromatic heterocycles. The van der Waals surface area contributed by atoms with E-state index in [2.05, 4.69) is 4.98 Å². The number of amides is 1. The van der Waals surface area contributed by atoms with Crippen LogP contribution >= 0.6 is 0 Å². The number of para-hydroxylation sites is 2. The lowest BCUT2D eigenvalue weighted by Crippen LogP contribution is -2.43. The Morgan fingerprint density at radius 2 is 2.19 bits per heavy atom. The summed E-state index contributed by atoms with van der Waals surface area (Å²) in [5, 5.41) is 0. The van der Waals surface area contributed by atoms with Crippen molar-refractivity contribution in [1.29, 1.82) is 0 Å². The number of alkyl halides is 2. The molecule has 0 aliphatic carbocycles. The van der Waals surface area contributed by atoms with Crippen LogP contribution in [-0.2, 0) is 16.1 Å². The van der Waals surface area contributed by atoms with Gasteiger partial charge in [-0.25, -0.2) is 13.8 Å². The van der Waals surface area contributed by atoms with Gasteiger partial charge in [-0.1, -0.05) is 12.1 Å². The highest BCUT2D eigenvalue weighted by Gasteiger charge is 2.24. The van der Waals surface area contributed by atoms with Crippen molar-refractivity contribution < 1.29 is 18.3 Å². The van der Waals surface area contributed by atoms with E-state index >= 15 is 0 Å². The van der Waals surface area contributed by atoms with Crippen molar-refractivity contribution >= 4 is 16.9 Å². The van der Waals surface area contributed by atoms with Gasteiger partial charge in [0.1, 0.15) is 12.6 Å². The van der Waals surface area contributed by atoms with Gasteiger partial charge in [-0.3, -0.25) is 14.2 Å². The molecule has 1 unspecified atom stereocenters. The number of hydrogen-bond acceptors (Lipinski definition) is 4. The Balaban J connectivity index is 1.82. The van der Waals surface area contributed by atoms with E-state index in [1.54, 1.807) is 24.3 Å². The molecule has 26 heavy (non-hydrogen) atoms. The number of allylic oxidation sites excluding steroid dienone is 1. The van der Waals surface area contributed by atoms with E-state index in [0.717, 1.165) is 17.5 Å². The number of halogens is 2. The molecular weight excluding hydrogens is 344 g/mol. The zero-order chi connectivity index (χ0) is 18.5. The van der Waals surface area contributed by atoms with Gasteiger partial charge in [-0.15, -0.1) is 0 Å². The Morgan fingerprint density at radius 3 is 2.92 bits per heavy atom. The maximum absolute atomic E-state index is 12.9.